The normalized spacial score (nSPS) is 22.1. The van der Waals surface area contributed by atoms with Gasteiger partial charge in [0.1, 0.15) is 11.5 Å². The van der Waals surface area contributed by atoms with Crippen molar-refractivity contribution in [3.05, 3.63) is 47.1 Å². The first-order valence-corrected chi connectivity index (χ1v) is 15.1. The number of benzene rings is 1. The standard InChI is InChI=1S/C29H43O7P/c1-6-8-9-10-16-34-37(32,33)36-29(14-15-29)28(31)35-26-19-22(11-7-2)18-25(30)27(26)24-17-21(5)12-13-23(24)20(3)4/h17-19,23-24,30H,3,6-16H2,1-2,4-5H3,(H,32,33)/t23-,24+/m0/s1. The summed E-state index contributed by atoms with van der Waals surface area (Å²) in [5.74, 6) is -0.511. The molecule has 0 spiro atoms. The van der Waals surface area contributed by atoms with Crippen LogP contribution in [0.15, 0.2) is 35.9 Å². The molecule has 37 heavy (non-hydrogen) atoms. The SMILES string of the molecule is C=C(C)[C@@H]1CCC(C)=C[C@H]1c1c(O)cc(CCC)cc1OC(=O)C1(OP(=O)(O)OCCCCCC)CC1. The molecule has 0 aliphatic heterocycles. The van der Waals surface area contributed by atoms with E-state index in [4.69, 9.17) is 13.8 Å². The molecule has 206 valence electrons. The molecule has 0 radical (unpaired) electrons. The zero-order chi connectivity index (χ0) is 27.2. The summed E-state index contributed by atoms with van der Waals surface area (Å²) in [5, 5.41) is 11.1. The molecule has 1 aromatic rings. The lowest BCUT2D eigenvalue weighted by Crippen LogP contribution is -2.31. The fourth-order valence-electron chi connectivity index (χ4n) is 5.02. The number of aryl methyl sites for hydroxylation is 1. The Balaban J connectivity index is 1.85. The maximum atomic E-state index is 13.3. The summed E-state index contributed by atoms with van der Waals surface area (Å²) in [4.78, 5) is 23.6. The lowest BCUT2D eigenvalue weighted by Gasteiger charge is -2.32. The van der Waals surface area contributed by atoms with Crippen LogP contribution in [0.4, 0.5) is 0 Å². The largest absolute Gasteiger partial charge is 0.507 e. The van der Waals surface area contributed by atoms with Crippen molar-refractivity contribution in [3.63, 3.8) is 0 Å². The second kappa shape index (κ2) is 12.8. The van der Waals surface area contributed by atoms with E-state index in [1.807, 2.05) is 13.8 Å². The number of ether oxygens (including phenoxy) is 1. The summed E-state index contributed by atoms with van der Waals surface area (Å²) in [6, 6.07) is 3.53. The van der Waals surface area contributed by atoms with Gasteiger partial charge in [-0.15, -0.1) is 0 Å². The van der Waals surface area contributed by atoms with Crippen molar-refractivity contribution >= 4 is 13.8 Å². The third kappa shape index (κ3) is 7.79. The maximum absolute atomic E-state index is 13.3. The number of allylic oxidation sites excluding steroid dienone is 3. The second-order valence-electron chi connectivity index (χ2n) is 10.6. The summed E-state index contributed by atoms with van der Waals surface area (Å²) >= 11 is 0. The van der Waals surface area contributed by atoms with Crippen LogP contribution in [0.25, 0.3) is 0 Å². The van der Waals surface area contributed by atoms with Crippen LogP contribution in [-0.4, -0.2) is 28.2 Å². The number of phenols is 1. The molecule has 8 heteroatoms. The van der Waals surface area contributed by atoms with Gasteiger partial charge < -0.3 is 14.7 Å². The van der Waals surface area contributed by atoms with E-state index in [1.54, 1.807) is 12.1 Å². The zero-order valence-corrected chi connectivity index (χ0v) is 23.6. The van der Waals surface area contributed by atoms with E-state index in [2.05, 4.69) is 26.5 Å². The van der Waals surface area contributed by atoms with Crippen LogP contribution in [0.2, 0.25) is 0 Å². The van der Waals surface area contributed by atoms with Crippen molar-refractivity contribution in [1.82, 2.24) is 0 Å². The fraction of sp³-hybridized carbons (Fsp3) is 0.621. The van der Waals surface area contributed by atoms with Crippen LogP contribution < -0.4 is 4.74 Å². The van der Waals surface area contributed by atoms with Gasteiger partial charge in [-0.1, -0.05) is 63.3 Å². The summed E-state index contributed by atoms with van der Waals surface area (Å²) in [6.07, 6.45) is 9.65. The molecular weight excluding hydrogens is 491 g/mol. The van der Waals surface area contributed by atoms with Crippen LogP contribution in [0.3, 0.4) is 0 Å². The molecule has 1 unspecified atom stereocenters. The van der Waals surface area contributed by atoms with E-state index >= 15 is 0 Å². The molecule has 0 saturated heterocycles. The van der Waals surface area contributed by atoms with Gasteiger partial charge >= 0.3 is 13.8 Å². The zero-order valence-electron chi connectivity index (χ0n) is 22.8. The minimum atomic E-state index is -4.43. The molecule has 3 atom stereocenters. The molecule has 2 N–H and O–H groups in total. The number of carbonyl (C=O) groups is 1. The Kier molecular flexibility index (Phi) is 10.2. The molecule has 1 aromatic carbocycles. The highest BCUT2D eigenvalue weighted by Crippen LogP contribution is 2.56. The van der Waals surface area contributed by atoms with E-state index < -0.39 is 19.4 Å². The van der Waals surface area contributed by atoms with Gasteiger partial charge in [-0.25, -0.2) is 9.36 Å². The van der Waals surface area contributed by atoms with Crippen LogP contribution in [-0.2, 0) is 24.8 Å². The molecule has 2 aliphatic carbocycles. The molecular formula is C29H43O7P. The van der Waals surface area contributed by atoms with Gasteiger partial charge in [0.2, 0.25) is 0 Å². The molecule has 1 saturated carbocycles. The number of esters is 1. The van der Waals surface area contributed by atoms with Crippen molar-refractivity contribution in [2.75, 3.05) is 6.61 Å². The fourth-order valence-corrected chi connectivity index (χ4v) is 6.13. The third-order valence-corrected chi connectivity index (χ3v) is 8.34. The van der Waals surface area contributed by atoms with Crippen LogP contribution >= 0.6 is 7.82 Å². The van der Waals surface area contributed by atoms with Crippen LogP contribution in [0, 0.1) is 5.92 Å². The molecule has 3 rings (SSSR count). The van der Waals surface area contributed by atoms with Crippen LogP contribution in [0.1, 0.15) is 103 Å². The molecule has 1 fully saturated rings. The summed E-state index contributed by atoms with van der Waals surface area (Å²) in [5.41, 5.74) is 2.07. The number of unbranched alkanes of at least 4 members (excludes halogenated alkanes) is 3. The second-order valence-corrected chi connectivity index (χ2v) is 12.0. The smallest absolute Gasteiger partial charge is 0.473 e. The number of hydrogen-bond donors (Lipinski definition) is 2. The number of carbonyl (C=O) groups excluding carboxylic acids is 1. The number of phenolic OH excluding ortho intramolecular Hbond substituents is 1. The number of hydrogen-bond acceptors (Lipinski definition) is 6. The van der Waals surface area contributed by atoms with Gasteiger partial charge in [0.15, 0.2) is 5.60 Å². The van der Waals surface area contributed by atoms with Crippen molar-refractivity contribution in [3.8, 4) is 11.5 Å². The Morgan fingerprint density at radius 2 is 1.92 bits per heavy atom. The van der Waals surface area contributed by atoms with Gasteiger partial charge in [0.25, 0.3) is 0 Å². The van der Waals surface area contributed by atoms with Crippen molar-refractivity contribution < 1.29 is 33.1 Å². The highest BCUT2D eigenvalue weighted by atomic mass is 31.2. The quantitative estimate of drug-likeness (QED) is 0.0837. The predicted octanol–water partition coefficient (Wildman–Crippen LogP) is 7.51. The maximum Gasteiger partial charge on any atom is 0.473 e. The topological polar surface area (TPSA) is 102 Å². The van der Waals surface area contributed by atoms with Gasteiger partial charge in [0, 0.05) is 11.5 Å². The van der Waals surface area contributed by atoms with E-state index in [1.165, 1.54) is 5.57 Å². The van der Waals surface area contributed by atoms with Gasteiger partial charge in [-0.05, 0) is 76.0 Å². The Morgan fingerprint density at radius 3 is 2.54 bits per heavy atom. The number of phosphoric acid groups is 1. The highest BCUT2D eigenvalue weighted by Gasteiger charge is 2.58. The van der Waals surface area contributed by atoms with E-state index in [-0.39, 0.29) is 42.8 Å². The molecule has 0 amide bonds. The van der Waals surface area contributed by atoms with Crippen molar-refractivity contribution in [1.29, 1.82) is 0 Å². The van der Waals surface area contributed by atoms with Crippen molar-refractivity contribution in [2.24, 2.45) is 5.92 Å². The summed E-state index contributed by atoms with van der Waals surface area (Å²) in [7, 11) is -4.43. The number of rotatable bonds is 14. The first-order chi connectivity index (χ1) is 17.5. The molecule has 0 bridgehead atoms. The average molecular weight is 535 g/mol. The summed E-state index contributed by atoms with van der Waals surface area (Å²) < 4.78 is 28.9. The number of phosphoric ester groups is 1. The monoisotopic (exact) mass is 534 g/mol. The molecule has 0 aromatic heterocycles. The first-order valence-electron chi connectivity index (χ1n) is 13.6. The van der Waals surface area contributed by atoms with Gasteiger partial charge in [0.05, 0.1) is 6.61 Å². The minimum Gasteiger partial charge on any atom is -0.507 e. The van der Waals surface area contributed by atoms with Crippen molar-refractivity contribution in [2.45, 2.75) is 103 Å². The van der Waals surface area contributed by atoms with E-state index in [0.717, 1.165) is 49.7 Å². The lowest BCUT2D eigenvalue weighted by molar-refractivity contribution is -0.145. The number of aromatic hydroxyl groups is 1. The first kappa shape index (κ1) is 29.6. The lowest BCUT2D eigenvalue weighted by atomic mass is 9.73. The molecule has 2 aliphatic rings. The Hall–Kier alpha value is -1.92. The van der Waals surface area contributed by atoms with Gasteiger partial charge in [-0.2, -0.15) is 0 Å². The third-order valence-electron chi connectivity index (χ3n) is 7.25. The molecule has 0 heterocycles. The summed E-state index contributed by atoms with van der Waals surface area (Å²) in [6.45, 7) is 12.4. The van der Waals surface area contributed by atoms with Crippen LogP contribution in [0.5, 0.6) is 11.5 Å². The van der Waals surface area contributed by atoms with Gasteiger partial charge in [-0.3, -0.25) is 9.05 Å². The Labute approximate surface area is 221 Å². The minimum absolute atomic E-state index is 0.0740. The molecule has 7 nitrogen and oxygen atoms in total. The van der Waals surface area contributed by atoms with E-state index in [0.29, 0.717) is 18.4 Å². The Morgan fingerprint density at radius 1 is 1.19 bits per heavy atom. The van der Waals surface area contributed by atoms with E-state index in [9.17, 15) is 19.4 Å². The highest BCUT2D eigenvalue weighted by molar-refractivity contribution is 7.47. The Bertz CT molecular complexity index is 1060. The predicted molar refractivity (Wildman–Crippen MR) is 145 cm³/mol. The average Bonchev–Trinajstić information content (AvgIpc) is 3.58.